The van der Waals surface area contributed by atoms with Gasteiger partial charge in [-0.25, -0.2) is 4.68 Å². The highest BCUT2D eigenvalue weighted by Gasteiger charge is 2.32. The Hall–Kier alpha value is -3.00. The van der Waals surface area contributed by atoms with E-state index < -0.39 is 0 Å². The van der Waals surface area contributed by atoms with Gasteiger partial charge in [0.05, 0.1) is 22.5 Å². The Labute approximate surface area is 202 Å². The first-order valence-electron chi connectivity index (χ1n) is 12.2. The lowest BCUT2D eigenvalue weighted by molar-refractivity contribution is -0.125. The zero-order valence-electron chi connectivity index (χ0n) is 21.3. The summed E-state index contributed by atoms with van der Waals surface area (Å²) in [7, 11) is 4.10. The first-order valence-corrected chi connectivity index (χ1v) is 12.2. The van der Waals surface area contributed by atoms with Crippen LogP contribution in [0.2, 0.25) is 0 Å². The quantitative estimate of drug-likeness (QED) is 0.541. The van der Waals surface area contributed by atoms with Crippen molar-refractivity contribution in [1.82, 2.24) is 30.2 Å². The van der Waals surface area contributed by atoms with Gasteiger partial charge in [0, 0.05) is 25.0 Å². The second-order valence-electron chi connectivity index (χ2n) is 9.88. The number of hydrogen-bond donors (Lipinski definition) is 1. The predicted molar refractivity (Wildman–Crippen MR) is 137 cm³/mol. The maximum Gasteiger partial charge on any atom is 0.223 e. The number of rotatable bonds is 7. The molecule has 1 aliphatic heterocycles. The van der Waals surface area contributed by atoms with Gasteiger partial charge in [-0.15, -0.1) is 5.10 Å². The number of piperidine rings is 1. The molecule has 1 amide bonds. The van der Waals surface area contributed by atoms with Crippen molar-refractivity contribution in [2.24, 2.45) is 5.92 Å². The summed E-state index contributed by atoms with van der Waals surface area (Å²) >= 11 is 0. The molecule has 2 aromatic heterocycles. The van der Waals surface area contributed by atoms with Crippen molar-refractivity contribution in [3.63, 3.8) is 0 Å². The highest BCUT2D eigenvalue weighted by atomic mass is 16.1. The van der Waals surface area contributed by atoms with Gasteiger partial charge in [0.2, 0.25) is 5.91 Å². The summed E-state index contributed by atoms with van der Waals surface area (Å²) in [6.07, 6.45) is 2.57. The molecule has 1 aliphatic rings. The molecule has 8 heteroatoms. The maximum atomic E-state index is 12.7. The van der Waals surface area contributed by atoms with Crippen LogP contribution in [0.4, 0.5) is 5.82 Å². The first-order chi connectivity index (χ1) is 16.3. The van der Waals surface area contributed by atoms with Crippen molar-refractivity contribution in [2.45, 2.75) is 53.0 Å². The third-order valence-corrected chi connectivity index (χ3v) is 6.86. The monoisotopic (exact) mass is 463 g/mol. The molecule has 0 aliphatic carbocycles. The molecule has 3 heterocycles. The van der Waals surface area contributed by atoms with Crippen molar-refractivity contribution in [3.8, 4) is 5.69 Å². The zero-order chi connectivity index (χ0) is 24.4. The van der Waals surface area contributed by atoms with E-state index in [1.807, 2.05) is 11.6 Å². The van der Waals surface area contributed by atoms with E-state index in [1.54, 1.807) is 0 Å². The molecular weight excluding hydrogens is 426 g/mol. The highest BCUT2D eigenvalue weighted by Crippen LogP contribution is 2.33. The Kier molecular flexibility index (Phi) is 7.16. The molecule has 4 rings (SSSR count). The third kappa shape index (κ3) is 4.92. The highest BCUT2D eigenvalue weighted by molar-refractivity contribution is 5.92. The van der Waals surface area contributed by atoms with Crippen molar-refractivity contribution < 1.29 is 4.79 Å². The van der Waals surface area contributed by atoms with Crippen LogP contribution in [0, 0.1) is 26.7 Å². The molecule has 1 saturated heterocycles. The number of hydrogen-bond acceptors (Lipinski definition) is 6. The SMILES string of the molecule is Cc1ccc(-n2nc3c(N4CC[C@H](C(=O)NCCCN(C)C)C[C@H]4C)nnc(C)c3c2C)cc1. The lowest BCUT2D eigenvalue weighted by Crippen LogP contribution is -2.46. The zero-order valence-corrected chi connectivity index (χ0v) is 21.3. The Morgan fingerprint density at radius 3 is 2.56 bits per heavy atom. The molecule has 1 aromatic carbocycles. The van der Waals surface area contributed by atoms with Crippen LogP contribution in [0.3, 0.4) is 0 Å². The maximum absolute atomic E-state index is 12.7. The minimum Gasteiger partial charge on any atom is -0.356 e. The summed E-state index contributed by atoms with van der Waals surface area (Å²) in [5, 5.41) is 18.2. The van der Waals surface area contributed by atoms with E-state index in [0.717, 1.165) is 72.7 Å². The van der Waals surface area contributed by atoms with Crippen LogP contribution in [0.15, 0.2) is 24.3 Å². The number of nitrogens with one attached hydrogen (secondary N) is 1. The molecule has 2 atom stereocenters. The molecule has 1 N–H and O–H groups in total. The lowest BCUT2D eigenvalue weighted by atomic mass is 9.90. The number of fused-ring (bicyclic) bond motifs is 1. The Balaban J connectivity index is 1.54. The minimum atomic E-state index is 0.0337. The topological polar surface area (TPSA) is 79.2 Å². The Morgan fingerprint density at radius 1 is 1.15 bits per heavy atom. The van der Waals surface area contributed by atoms with Crippen molar-refractivity contribution in [2.75, 3.05) is 38.6 Å². The molecule has 0 spiro atoms. The number of aryl methyl sites for hydroxylation is 3. The summed E-state index contributed by atoms with van der Waals surface area (Å²) < 4.78 is 1.99. The Morgan fingerprint density at radius 2 is 1.88 bits per heavy atom. The van der Waals surface area contributed by atoms with Crippen molar-refractivity contribution >= 4 is 22.6 Å². The number of benzene rings is 1. The number of carbonyl (C=O) groups is 1. The predicted octanol–water partition coefficient (Wildman–Crippen LogP) is 3.41. The fourth-order valence-corrected chi connectivity index (χ4v) is 4.92. The van der Waals surface area contributed by atoms with Gasteiger partial charge in [-0.1, -0.05) is 17.7 Å². The van der Waals surface area contributed by atoms with E-state index in [2.05, 4.69) is 84.4 Å². The number of carbonyl (C=O) groups excluding carboxylic acids is 1. The van der Waals surface area contributed by atoms with Crippen molar-refractivity contribution in [1.29, 1.82) is 0 Å². The third-order valence-electron chi connectivity index (χ3n) is 6.86. The molecule has 0 bridgehead atoms. The summed E-state index contributed by atoms with van der Waals surface area (Å²) in [5.41, 5.74) is 5.07. The van der Waals surface area contributed by atoms with Gasteiger partial charge in [0.25, 0.3) is 0 Å². The standard InChI is InChI=1S/C26H37N7O/c1-17-8-10-22(11-9-17)33-20(4)23-19(3)28-29-25(24(23)30-33)32-15-12-21(16-18(32)2)26(34)27-13-7-14-31(5)6/h8-11,18,21H,7,12-16H2,1-6H3,(H,27,34)/t18-,21+/m1/s1. The summed E-state index contributed by atoms with van der Waals surface area (Å²) in [5.74, 6) is 1.02. The van der Waals surface area contributed by atoms with Gasteiger partial charge >= 0.3 is 0 Å². The number of nitrogens with zero attached hydrogens (tertiary/aromatic N) is 6. The Bertz CT molecular complexity index is 1150. The van der Waals surface area contributed by atoms with Crippen LogP contribution in [-0.4, -0.2) is 70.6 Å². The van der Waals surface area contributed by atoms with Gasteiger partial charge in [-0.05, 0) is 79.7 Å². The molecule has 34 heavy (non-hydrogen) atoms. The first kappa shape index (κ1) is 24.1. The van der Waals surface area contributed by atoms with Gasteiger partial charge < -0.3 is 15.1 Å². The summed E-state index contributed by atoms with van der Waals surface area (Å²) in [4.78, 5) is 17.1. The van der Waals surface area contributed by atoms with Crippen LogP contribution >= 0.6 is 0 Å². The van der Waals surface area contributed by atoms with Gasteiger partial charge in [0.1, 0.15) is 5.52 Å². The van der Waals surface area contributed by atoms with Gasteiger partial charge in [-0.3, -0.25) is 4.79 Å². The molecule has 3 aromatic rings. The summed E-state index contributed by atoms with van der Waals surface area (Å²) in [6, 6.07) is 8.56. The fraction of sp³-hybridized carbons (Fsp3) is 0.538. The molecule has 0 saturated carbocycles. The molecule has 0 unspecified atom stereocenters. The van der Waals surface area contributed by atoms with Crippen molar-refractivity contribution in [3.05, 3.63) is 41.2 Å². The number of aromatic nitrogens is 4. The summed E-state index contributed by atoms with van der Waals surface area (Å²) in [6.45, 7) is 10.8. The largest absolute Gasteiger partial charge is 0.356 e. The molecule has 8 nitrogen and oxygen atoms in total. The average molecular weight is 464 g/mol. The van der Waals surface area contributed by atoms with Crippen LogP contribution in [0.5, 0.6) is 0 Å². The minimum absolute atomic E-state index is 0.0337. The van der Waals surface area contributed by atoms with E-state index in [9.17, 15) is 4.79 Å². The van der Waals surface area contributed by atoms with Crippen LogP contribution in [0.25, 0.3) is 16.6 Å². The normalized spacial score (nSPS) is 18.6. The smallest absolute Gasteiger partial charge is 0.223 e. The van der Waals surface area contributed by atoms with E-state index in [1.165, 1.54) is 5.56 Å². The molecule has 182 valence electrons. The second-order valence-corrected chi connectivity index (χ2v) is 9.88. The molecule has 0 radical (unpaired) electrons. The fourth-order valence-electron chi connectivity index (χ4n) is 4.92. The molecule has 1 fully saturated rings. The van der Waals surface area contributed by atoms with Gasteiger partial charge in [0.15, 0.2) is 5.82 Å². The second kappa shape index (κ2) is 10.1. The lowest BCUT2D eigenvalue weighted by Gasteiger charge is -2.37. The van der Waals surface area contributed by atoms with Gasteiger partial charge in [-0.2, -0.15) is 10.2 Å². The van der Waals surface area contributed by atoms with E-state index in [4.69, 9.17) is 5.10 Å². The van der Waals surface area contributed by atoms with Crippen LogP contribution in [0.1, 0.15) is 43.1 Å². The number of anilines is 1. The number of amides is 1. The average Bonchev–Trinajstić information content (AvgIpc) is 3.15. The van der Waals surface area contributed by atoms with E-state index >= 15 is 0 Å². The van der Waals surface area contributed by atoms with Crippen LogP contribution < -0.4 is 10.2 Å². The van der Waals surface area contributed by atoms with Crippen LogP contribution in [-0.2, 0) is 4.79 Å². The van der Waals surface area contributed by atoms with E-state index in [0.29, 0.717) is 0 Å². The van der Waals surface area contributed by atoms with E-state index in [-0.39, 0.29) is 17.9 Å². The molecular formula is C26H37N7O.